The average Bonchev–Trinajstić information content (AvgIpc) is 2.53. The van der Waals surface area contributed by atoms with E-state index in [1.807, 2.05) is 13.8 Å². The van der Waals surface area contributed by atoms with Gasteiger partial charge in [-0.3, -0.25) is 14.4 Å². The zero-order valence-corrected chi connectivity index (χ0v) is 13.6. The molecule has 1 atom stereocenters. The van der Waals surface area contributed by atoms with E-state index in [1.165, 1.54) is 7.11 Å². The van der Waals surface area contributed by atoms with Crippen molar-refractivity contribution >= 4 is 23.5 Å². The first-order valence-electron chi connectivity index (χ1n) is 7.32. The fourth-order valence-corrected chi connectivity index (χ4v) is 1.74. The molecule has 0 spiro atoms. The smallest absolute Gasteiger partial charge is 0.309 e. The Morgan fingerprint density at radius 2 is 1.78 bits per heavy atom. The number of amides is 2. The fraction of sp³-hybridized carbons (Fsp3) is 0.438. The summed E-state index contributed by atoms with van der Waals surface area (Å²) in [6, 6.07) is 6.16. The molecule has 0 heterocycles. The molecule has 2 amide bonds. The molecule has 0 aromatic heterocycles. The number of carbonyl (C=O) groups excluding carboxylic acids is 3. The maximum Gasteiger partial charge on any atom is 0.309 e. The van der Waals surface area contributed by atoms with Gasteiger partial charge < -0.3 is 21.1 Å². The van der Waals surface area contributed by atoms with E-state index in [2.05, 4.69) is 15.4 Å². The highest BCUT2D eigenvalue weighted by molar-refractivity contribution is 5.95. The fourth-order valence-electron chi connectivity index (χ4n) is 1.74. The van der Waals surface area contributed by atoms with Crippen molar-refractivity contribution in [3.05, 3.63) is 29.8 Å². The summed E-state index contributed by atoms with van der Waals surface area (Å²) < 4.78 is 4.58. The molecule has 7 heteroatoms. The highest BCUT2D eigenvalue weighted by Crippen LogP contribution is 2.10. The van der Waals surface area contributed by atoms with Gasteiger partial charge in [0.1, 0.15) is 0 Å². The van der Waals surface area contributed by atoms with E-state index in [-0.39, 0.29) is 36.7 Å². The lowest BCUT2D eigenvalue weighted by atomic mass is 10.1. The SMILES string of the molecule is COC(=O)Cc1ccc(NC(=O)CNC(=O)[C@@H](N)C(C)C)cc1. The number of hydrogen-bond acceptors (Lipinski definition) is 5. The number of nitrogens with two attached hydrogens (primary N) is 1. The Morgan fingerprint density at radius 3 is 2.30 bits per heavy atom. The molecule has 0 aliphatic rings. The van der Waals surface area contributed by atoms with Crippen LogP contribution in [0.15, 0.2) is 24.3 Å². The van der Waals surface area contributed by atoms with Gasteiger partial charge in [0.2, 0.25) is 11.8 Å². The zero-order valence-electron chi connectivity index (χ0n) is 13.6. The van der Waals surface area contributed by atoms with Crippen molar-refractivity contribution in [3.8, 4) is 0 Å². The Kier molecular flexibility index (Phi) is 7.21. The summed E-state index contributed by atoms with van der Waals surface area (Å²) >= 11 is 0. The van der Waals surface area contributed by atoms with Gasteiger partial charge in [-0.1, -0.05) is 26.0 Å². The largest absolute Gasteiger partial charge is 0.469 e. The highest BCUT2D eigenvalue weighted by atomic mass is 16.5. The van der Waals surface area contributed by atoms with Gasteiger partial charge in [0, 0.05) is 5.69 Å². The number of carbonyl (C=O) groups is 3. The quantitative estimate of drug-likeness (QED) is 0.631. The van der Waals surface area contributed by atoms with Crippen LogP contribution in [0.25, 0.3) is 0 Å². The first kappa shape index (κ1) is 18.6. The van der Waals surface area contributed by atoms with Crippen molar-refractivity contribution in [2.24, 2.45) is 11.7 Å². The number of esters is 1. The molecule has 0 bridgehead atoms. The van der Waals surface area contributed by atoms with E-state index >= 15 is 0 Å². The summed E-state index contributed by atoms with van der Waals surface area (Å²) in [5.41, 5.74) is 7.04. The van der Waals surface area contributed by atoms with Crippen LogP contribution in [0.5, 0.6) is 0 Å². The molecule has 0 aliphatic heterocycles. The molecule has 23 heavy (non-hydrogen) atoms. The molecule has 0 saturated carbocycles. The predicted molar refractivity (Wildman–Crippen MR) is 86.6 cm³/mol. The van der Waals surface area contributed by atoms with Gasteiger partial charge in [-0.25, -0.2) is 0 Å². The maximum absolute atomic E-state index is 11.8. The zero-order chi connectivity index (χ0) is 17.4. The topological polar surface area (TPSA) is 111 Å². The monoisotopic (exact) mass is 321 g/mol. The van der Waals surface area contributed by atoms with E-state index in [0.29, 0.717) is 5.69 Å². The lowest BCUT2D eigenvalue weighted by molar-refractivity contribution is -0.139. The summed E-state index contributed by atoms with van der Waals surface area (Å²) in [6.45, 7) is 3.52. The summed E-state index contributed by atoms with van der Waals surface area (Å²) in [6.07, 6.45) is 0.174. The van der Waals surface area contributed by atoms with Crippen LogP contribution in [0, 0.1) is 5.92 Å². The molecule has 4 N–H and O–H groups in total. The van der Waals surface area contributed by atoms with Crippen LogP contribution in [-0.4, -0.2) is 37.5 Å². The van der Waals surface area contributed by atoms with Gasteiger partial charge in [0.25, 0.3) is 0 Å². The summed E-state index contributed by atoms with van der Waals surface area (Å²) in [4.78, 5) is 34.6. The summed E-state index contributed by atoms with van der Waals surface area (Å²) in [5.74, 6) is -1.04. The average molecular weight is 321 g/mol. The van der Waals surface area contributed by atoms with Crippen LogP contribution in [0.3, 0.4) is 0 Å². The highest BCUT2D eigenvalue weighted by Gasteiger charge is 2.17. The van der Waals surface area contributed by atoms with Gasteiger partial charge in [0.15, 0.2) is 0 Å². The number of benzene rings is 1. The van der Waals surface area contributed by atoms with Crippen molar-refractivity contribution in [3.63, 3.8) is 0 Å². The molecule has 0 saturated heterocycles. The van der Waals surface area contributed by atoms with Crippen molar-refractivity contribution < 1.29 is 19.1 Å². The number of rotatable bonds is 7. The first-order valence-corrected chi connectivity index (χ1v) is 7.32. The molecule has 0 fully saturated rings. The van der Waals surface area contributed by atoms with E-state index in [1.54, 1.807) is 24.3 Å². The van der Waals surface area contributed by atoms with Crippen LogP contribution < -0.4 is 16.4 Å². The Labute approximate surface area is 135 Å². The first-order chi connectivity index (χ1) is 10.8. The van der Waals surface area contributed by atoms with E-state index in [9.17, 15) is 14.4 Å². The molecule has 1 aromatic carbocycles. The van der Waals surface area contributed by atoms with Crippen molar-refractivity contribution in [1.82, 2.24) is 5.32 Å². The molecule has 1 aromatic rings. The van der Waals surface area contributed by atoms with Gasteiger partial charge in [-0.15, -0.1) is 0 Å². The molecule has 0 radical (unpaired) electrons. The molecule has 7 nitrogen and oxygen atoms in total. The van der Waals surface area contributed by atoms with Gasteiger partial charge in [-0.05, 0) is 23.6 Å². The second-order valence-corrected chi connectivity index (χ2v) is 5.49. The molecular weight excluding hydrogens is 298 g/mol. The lowest BCUT2D eigenvalue weighted by Gasteiger charge is -2.15. The third-order valence-corrected chi connectivity index (χ3v) is 3.26. The number of anilines is 1. The van der Waals surface area contributed by atoms with Crippen LogP contribution in [0.1, 0.15) is 19.4 Å². The Hall–Kier alpha value is -2.41. The molecule has 1 rings (SSSR count). The Balaban J connectivity index is 2.45. The standard InChI is InChI=1S/C16H23N3O4/c1-10(2)15(17)16(22)18-9-13(20)19-12-6-4-11(5-7-12)8-14(21)23-3/h4-7,10,15H,8-9,17H2,1-3H3,(H,18,22)(H,19,20)/t15-/m0/s1. The van der Waals surface area contributed by atoms with Crippen molar-refractivity contribution in [2.75, 3.05) is 19.0 Å². The number of nitrogens with one attached hydrogen (secondary N) is 2. The van der Waals surface area contributed by atoms with Gasteiger partial charge >= 0.3 is 5.97 Å². The third-order valence-electron chi connectivity index (χ3n) is 3.26. The van der Waals surface area contributed by atoms with Crippen LogP contribution in [-0.2, 0) is 25.5 Å². The van der Waals surface area contributed by atoms with E-state index in [0.717, 1.165) is 5.56 Å². The minimum Gasteiger partial charge on any atom is -0.469 e. The van der Waals surface area contributed by atoms with Crippen LogP contribution in [0.2, 0.25) is 0 Å². The summed E-state index contributed by atoms with van der Waals surface area (Å²) in [5, 5.41) is 5.14. The van der Waals surface area contributed by atoms with Crippen LogP contribution in [0.4, 0.5) is 5.69 Å². The minimum absolute atomic E-state index is 0.000385. The van der Waals surface area contributed by atoms with E-state index < -0.39 is 6.04 Å². The Bertz CT molecular complexity index is 555. The summed E-state index contributed by atoms with van der Waals surface area (Å²) in [7, 11) is 1.33. The number of ether oxygens (including phenoxy) is 1. The predicted octanol–water partition coefficient (Wildman–Crippen LogP) is 0.440. The number of methoxy groups -OCH3 is 1. The minimum atomic E-state index is -0.639. The molecule has 126 valence electrons. The van der Waals surface area contributed by atoms with Gasteiger partial charge in [0.05, 0.1) is 26.1 Å². The molecule has 0 aliphatic carbocycles. The van der Waals surface area contributed by atoms with Crippen molar-refractivity contribution in [1.29, 1.82) is 0 Å². The second kappa shape index (κ2) is 8.89. The second-order valence-electron chi connectivity index (χ2n) is 5.49. The van der Waals surface area contributed by atoms with E-state index in [4.69, 9.17) is 5.73 Å². The Morgan fingerprint density at radius 1 is 1.17 bits per heavy atom. The normalized spacial score (nSPS) is 11.7. The van der Waals surface area contributed by atoms with Gasteiger partial charge in [-0.2, -0.15) is 0 Å². The maximum atomic E-state index is 11.8. The van der Waals surface area contributed by atoms with Crippen molar-refractivity contribution in [2.45, 2.75) is 26.3 Å². The third kappa shape index (κ3) is 6.48. The lowest BCUT2D eigenvalue weighted by Crippen LogP contribution is -2.46. The number of hydrogen-bond donors (Lipinski definition) is 3. The van der Waals surface area contributed by atoms with Crippen LogP contribution >= 0.6 is 0 Å². The molecule has 0 unspecified atom stereocenters. The molecular formula is C16H23N3O4.